The Hall–Kier alpha value is -0.920. The zero-order valence-corrected chi connectivity index (χ0v) is 14.9. The molecule has 0 spiro atoms. The minimum absolute atomic E-state index is 0.0847. The summed E-state index contributed by atoms with van der Waals surface area (Å²) in [4.78, 5) is 8.84. The smallest absolute Gasteiger partial charge is 0.179 e. The van der Waals surface area contributed by atoms with Crippen LogP contribution in [0.25, 0.3) is 0 Å². The third-order valence-corrected chi connectivity index (χ3v) is 6.15. The molecule has 0 fully saturated rings. The minimum Gasteiger partial charge on any atom is -0.238 e. The highest BCUT2D eigenvalue weighted by Gasteiger charge is 2.14. The first-order valence-corrected chi connectivity index (χ1v) is 9.73. The average molecular weight is 387 g/mol. The van der Waals surface area contributed by atoms with E-state index in [0.717, 1.165) is 15.2 Å². The summed E-state index contributed by atoms with van der Waals surface area (Å²) in [6, 6.07) is 8.56. The topological polar surface area (TPSA) is 59.9 Å². The Morgan fingerprint density at radius 3 is 2.43 bits per heavy atom. The third kappa shape index (κ3) is 4.79. The number of hydrogen-bond donors (Lipinski definition) is 0. The molecule has 112 valence electrons. The second-order valence-corrected chi connectivity index (χ2v) is 8.66. The lowest BCUT2D eigenvalue weighted by molar-refractivity contribution is 0.597. The lowest BCUT2D eigenvalue weighted by Crippen LogP contribution is -2.09. The zero-order chi connectivity index (χ0) is 15.5. The van der Waals surface area contributed by atoms with Gasteiger partial charge in [0, 0.05) is 15.9 Å². The Balaban J connectivity index is 2.00. The number of thioether (sulfide) groups is 1. The maximum atomic E-state index is 12.2. The van der Waals surface area contributed by atoms with Crippen molar-refractivity contribution in [2.45, 2.75) is 23.8 Å². The van der Waals surface area contributed by atoms with Gasteiger partial charge in [0.25, 0.3) is 0 Å². The highest BCUT2D eigenvalue weighted by atomic mass is 79.9. The first-order valence-electron chi connectivity index (χ1n) is 6.30. The van der Waals surface area contributed by atoms with E-state index >= 15 is 0 Å². The summed E-state index contributed by atoms with van der Waals surface area (Å²) in [7, 11) is -3.25. The molecule has 0 amide bonds. The molecule has 0 saturated carbocycles. The van der Waals surface area contributed by atoms with Gasteiger partial charge in [0.2, 0.25) is 0 Å². The Labute approximate surface area is 137 Å². The molecule has 2 aromatic rings. The van der Waals surface area contributed by atoms with Crippen molar-refractivity contribution in [3.05, 3.63) is 46.3 Å². The number of nitrogens with zero attached hydrogens (tertiary/aromatic N) is 2. The number of benzene rings is 1. The quantitative estimate of drug-likeness (QED) is 0.581. The minimum atomic E-state index is -3.25. The van der Waals surface area contributed by atoms with Crippen molar-refractivity contribution < 1.29 is 8.42 Å². The van der Waals surface area contributed by atoms with Gasteiger partial charge in [-0.2, -0.15) is 0 Å². The molecule has 4 nitrogen and oxygen atoms in total. The van der Waals surface area contributed by atoms with Gasteiger partial charge in [-0.25, -0.2) is 18.4 Å². The normalized spacial score (nSPS) is 11.6. The molecule has 0 atom stereocenters. The summed E-state index contributed by atoms with van der Waals surface area (Å²) in [5.74, 6) is 1.25. The SMILES string of the molecule is Cc1cc(SCCS(=O)(=O)c2ccc(Br)cc2)nc(C)n1. The molecule has 0 bridgehead atoms. The van der Waals surface area contributed by atoms with Crippen molar-refractivity contribution in [1.29, 1.82) is 0 Å². The van der Waals surface area contributed by atoms with Crippen LogP contribution in [0.4, 0.5) is 0 Å². The van der Waals surface area contributed by atoms with Crippen molar-refractivity contribution >= 4 is 37.5 Å². The summed E-state index contributed by atoms with van der Waals surface area (Å²) in [6.07, 6.45) is 0. The van der Waals surface area contributed by atoms with Crippen molar-refractivity contribution in [1.82, 2.24) is 9.97 Å². The molecule has 7 heteroatoms. The monoisotopic (exact) mass is 386 g/mol. The second-order valence-electron chi connectivity index (χ2n) is 4.52. The van der Waals surface area contributed by atoms with Gasteiger partial charge < -0.3 is 0 Å². The molecule has 0 N–H and O–H groups in total. The van der Waals surface area contributed by atoms with E-state index in [9.17, 15) is 8.42 Å². The lowest BCUT2D eigenvalue weighted by Gasteiger charge is -2.05. The van der Waals surface area contributed by atoms with Gasteiger partial charge in [0.1, 0.15) is 5.82 Å². The van der Waals surface area contributed by atoms with Gasteiger partial charge in [-0.15, -0.1) is 11.8 Å². The van der Waals surface area contributed by atoms with Crippen LogP contribution >= 0.6 is 27.7 Å². The van der Waals surface area contributed by atoms with Gasteiger partial charge in [0.15, 0.2) is 9.84 Å². The summed E-state index contributed by atoms with van der Waals surface area (Å²) < 4.78 is 25.3. The van der Waals surface area contributed by atoms with Crippen LogP contribution in [0.1, 0.15) is 11.5 Å². The molecular weight excluding hydrogens is 372 g/mol. The van der Waals surface area contributed by atoms with Gasteiger partial charge in [-0.3, -0.25) is 0 Å². The molecule has 0 aliphatic carbocycles. The molecule has 0 aliphatic heterocycles. The Morgan fingerprint density at radius 2 is 1.81 bits per heavy atom. The maximum Gasteiger partial charge on any atom is 0.179 e. The van der Waals surface area contributed by atoms with Gasteiger partial charge in [0.05, 0.1) is 15.7 Å². The largest absolute Gasteiger partial charge is 0.238 e. The number of aromatic nitrogens is 2. The summed E-state index contributed by atoms with van der Waals surface area (Å²) in [6.45, 7) is 3.73. The van der Waals surface area contributed by atoms with Crippen LogP contribution in [0.3, 0.4) is 0 Å². The fourth-order valence-electron chi connectivity index (χ4n) is 1.77. The van der Waals surface area contributed by atoms with Crippen LogP contribution in [0, 0.1) is 13.8 Å². The van der Waals surface area contributed by atoms with Crippen LogP contribution < -0.4 is 0 Å². The van der Waals surface area contributed by atoms with Crippen molar-refractivity contribution in [2.24, 2.45) is 0 Å². The first-order chi connectivity index (χ1) is 9.87. The number of halogens is 1. The second kappa shape index (κ2) is 6.89. The first kappa shape index (κ1) is 16.5. The standard InChI is InChI=1S/C14H15BrN2O2S2/c1-10-9-14(17-11(2)16-10)20-7-8-21(18,19)13-5-3-12(15)4-6-13/h3-6,9H,7-8H2,1-2H3. The third-order valence-electron chi connectivity index (χ3n) is 2.72. The van der Waals surface area contributed by atoms with E-state index in [2.05, 4.69) is 25.9 Å². The van der Waals surface area contributed by atoms with Gasteiger partial charge >= 0.3 is 0 Å². The van der Waals surface area contributed by atoms with Crippen LogP contribution in [-0.2, 0) is 9.84 Å². The van der Waals surface area contributed by atoms with Crippen LogP contribution in [0.2, 0.25) is 0 Å². The molecule has 0 radical (unpaired) electrons. The fraction of sp³-hybridized carbons (Fsp3) is 0.286. The van der Waals surface area contributed by atoms with Crippen molar-refractivity contribution in [3.8, 4) is 0 Å². The Bertz CT molecular complexity index is 711. The maximum absolute atomic E-state index is 12.2. The molecule has 0 saturated heterocycles. The van der Waals surface area contributed by atoms with E-state index in [0.29, 0.717) is 16.5 Å². The number of aryl methyl sites for hydroxylation is 2. The van der Waals surface area contributed by atoms with E-state index in [4.69, 9.17) is 0 Å². The average Bonchev–Trinajstić information content (AvgIpc) is 2.37. The fourth-order valence-corrected chi connectivity index (χ4v) is 4.69. The van der Waals surface area contributed by atoms with E-state index in [1.807, 2.05) is 19.9 Å². The van der Waals surface area contributed by atoms with E-state index in [-0.39, 0.29) is 5.75 Å². The molecule has 1 aromatic heterocycles. The molecule has 2 rings (SSSR count). The predicted octanol–water partition coefficient (Wildman–Crippen LogP) is 3.42. The van der Waals surface area contributed by atoms with E-state index in [1.54, 1.807) is 24.3 Å². The highest BCUT2D eigenvalue weighted by molar-refractivity contribution is 9.10. The predicted molar refractivity (Wildman–Crippen MR) is 88.4 cm³/mol. The number of rotatable bonds is 5. The van der Waals surface area contributed by atoms with Crippen molar-refractivity contribution in [2.75, 3.05) is 11.5 Å². The van der Waals surface area contributed by atoms with E-state index in [1.165, 1.54) is 11.8 Å². The van der Waals surface area contributed by atoms with Gasteiger partial charge in [-0.05, 0) is 44.2 Å². The molecule has 0 aliphatic rings. The molecule has 21 heavy (non-hydrogen) atoms. The van der Waals surface area contributed by atoms with Crippen LogP contribution in [0.5, 0.6) is 0 Å². The molecular formula is C14H15BrN2O2S2. The van der Waals surface area contributed by atoms with Gasteiger partial charge in [-0.1, -0.05) is 15.9 Å². The lowest BCUT2D eigenvalue weighted by atomic mass is 10.4. The highest BCUT2D eigenvalue weighted by Crippen LogP contribution is 2.20. The van der Waals surface area contributed by atoms with Crippen molar-refractivity contribution in [3.63, 3.8) is 0 Å². The summed E-state index contributed by atoms with van der Waals surface area (Å²) >= 11 is 4.73. The zero-order valence-electron chi connectivity index (χ0n) is 11.7. The molecule has 0 unspecified atom stereocenters. The number of sulfone groups is 1. The number of hydrogen-bond acceptors (Lipinski definition) is 5. The summed E-state index contributed by atoms with van der Waals surface area (Å²) in [5, 5.41) is 0.811. The van der Waals surface area contributed by atoms with Crippen LogP contribution in [-0.4, -0.2) is 29.9 Å². The molecule has 1 aromatic carbocycles. The Morgan fingerprint density at radius 1 is 1.14 bits per heavy atom. The molecule has 1 heterocycles. The van der Waals surface area contributed by atoms with E-state index < -0.39 is 9.84 Å². The summed E-state index contributed by atoms with van der Waals surface area (Å²) in [5.41, 5.74) is 0.890. The Kier molecular flexibility index (Phi) is 5.40. The van der Waals surface area contributed by atoms with Crippen LogP contribution in [0.15, 0.2) is 44.7 Å².